The maximum Gasteiger partial charge on any atom is 0.00626 e. The first-order valence-electron chi connectivity index (χ1n) is 6.69. The Balaban J connectivity index is 1.94. The minimum absolute atomic E-state index is 1.01. The van der Waals surface area contributed by atoms with Crippen molar-refractivity contribution in [3.8, 4) is 0 Å². The topological polar surface area (TPSA) is 0 Å². The molecule has 1 radical (unpaired) electrons. The lowest BCUT2D eigenvalue weighted by atomic mass is 9.91. The third-order valence-electron chi connectivity index (χ3n) is 3.60. The minimum atomic E-state index is 1.01. The Labute approximate surface area is 114 Å². The Hall–Kier alpha value is -2.08. The summed E-state index contributed by atoms with van der Waals surface area (Å²) in [4.78, 5) is 0. The second-order valence-electron chi connectivity index (χ2n) is 4.96. The summed E-state index contributed by atoms with van der Waals surface area (Å²) in [6.45, 7) is 2.22. The van der Waals surface area contributed by atoms with Crippen molar-refractivity contribution >= 4 is 10.8 Å². The van der Waals surface area contributed by atoms with Gasteiger partial charge in [-0.1, -0.05) is 79.7 Å². The zero-order valence-corrected chi connectivity index (χ0v) is 11.1. The molecule has 0 amide bonds. The fourth-order valence-corrected chi connectivity index (χ4v) is 2.56. The van der Waals surface area contributed by atoms with Gasteiger partial charge < -0.3 is 0 Å². The Morgan fingerprint density at radius 1 is 0.737 bits per heavy atom. The van der Waals surface area contributed by atoms with Crippen LogP contribution in [0.5, 0.6) is 0 Å². The molecule has 0 heterocycles. The van der Waals surface area contributed by atoms with E-state index in [2.05, 4.69) is 79.7 Å². The van der Waals surface area contributed by atoms with Crippen molar-refractivity contribution in [1.29, 1.82) is 0 Å². The quantitative estimate of drug-likeness (QED) is 0.607. The van der Waals surface area contributed by atoms with Gasteiger partial charge in [-0.15, -0.1) is 0 Å². The van der Waals surface area contributed by atoms with Crippen molar-refractivity contribution in [2.45, 2.75) is 13.3 Å². The van der Waals surface area contributed by atoms with Crippen molar-refractivity contribution in [3.63, 3.8) is 0 Å². The molecule has 93 valence electrons. The molecule has 0 fully saturated rings. The second kappa shape index (κ2) is 5.27. The summed E-state index contributed by atoms with van der Waals surface area (Å²) in [7, 11) is 0. The molecule has 0 heteroatoms. The molecule has 0 aliphatic carbocycles. The molecule has 0 atom stereocenters. The molecule has 0 aromatic heterocycles. The fraction of sp³-hybridized carbons (Fsp3) is 0.105. The van der Waals surface area contributed by atoms with Gasteiger partial charge in [-0.3, -0.25) is 0 Å². The zero-order valence-electron chi connectivity index (χ0n) is 11.1. The van der Waals surface area contributed by atoms with Crippen LogP contribution in [0, 0.1) is 5.92 Å². The van der Waals surface area contributed by atoms with E-state index < -0.39 is 0 Å². The molecule has 3 aromatic rings. The van der Waals surface area contributed by atoms with Crippen LogP contribution in [0.3, 0.4) is 0 Å². The zero-order chi connectivity index (χ0) is 13.1. The standard InChI is InChI=1S/C19H17/c1-15(16-8-3-2-4-9-16)14-18-12-7-11-17-10-5-6-13-19(17)18/h2-13H,14H2,1H3. The van der Waals surface area contributed by atoms with Crippen molar-refractivity contribution in [2.75, 3.05) is 0 Å². The first-order chi connectivity index (χ1) is 9.34. The molecule has 0 aliphatic heterocycles. The van der Waals surface area contributed by atoms with E-state index >= 15 is 0 Å². The lowest BCUT2D eigenvalue weighted by molar-refractivity contribution is 1.00. The van der Waals surface area contributed by atoms with Crippen molar-refractivity contribution in [1.82, 2.24) is 0 Å². The number of fused-ring (bicyclic) bond motifs is 1. The number of benzene rings is 3. The van der Waals surface area contributed by atoms with Gasteiger partial charge >= 0.3 is 0 Å². The summed E-state index contributed by atoms with van der Waals surface area (Å²) >= 11 is 0. The van der Waals surface area contributed by atoms with E-state index in [4.69, 9.17) is 0 Å². The monoisotopic (exact) mass is 245 g/mol. The van der Waals surface area contributed by atoms with Gasteiger partial charge in [-0.05, 0) is 28.3 Å². The minimum Gasteiger partial charge on any atom is -0.0622 e. The average molecular weight is 245 g/mol. The number of rotatable bonds is 3. The molecule has 3 aromatic carbocycles. The van der Waals surface area contributed by atoms with Crippen LogP contribution in [0.15, 0.2) is 72.8 Å². The molecule has 0 nitrogen and oxygen atoms in total. The van der Waals surface area contributed by atoms with E-state index in [1.54, 1.807) is 0 Å². The molecule has 0 saturated heterocycles. The van der Waals surface area contributed by atoms with Crippen molar-refractivity contribution < 1.29 is 0 Å². The maximum atomic E-state index is 2.23. The van der Waals surface area contributed by atoms with Gasteiger partial charge in [0.1, 0.15) is 0 Å². The largest absolute Gasteiger partial charge is 0.0622 e. The molecule has 0 saturated carbocycles. The van der Waals surface area contributed by atoms with Gasteiger partial charge in [0.15, 0.2) is 0 Å². The third kappa shape index (κ3) is 2.53. The van der Waals surface area contributed by atoms with E-state index in [-0.39, 0.29) is 0 Å². The SMILES string of the molecule is C[C](Cc1cccc2ccccc12)c1ccccc1. The molecule has 19 heavy (non-hydrogen) atoms. The Bertz CT molecular complexity index is 662. The van der Waals surface area contributed by atoms with E-state index in [1.807, 2.05) is 0 Å². The van der Waals surface area contributed by atoms with Crippen LogP contribution in [0.2, 0.25) is 0 Å². The molecule has 0 spiro atoms. The number of hydrogen-bond acceptors (Lipinski definition) is 0. The Kier molecular flexibility index (Phi) is 3.33. The van der Waals surface area contributed by atoms with Crippen LogP contribution in [0.4, 0.5) is 0 Å². The van der Waals surface area contributed by atoms with Crippen LogP contribution >= 0.6 is 0 Å². The van der Waals surface area contributed by atoms with E-state index in [0.717, 1.165) is 6.42 Å². The van der Waals surface area contributed by atoms with Crippen molar-refractivity contribution in [3.05, 3.63) is 89.8 Å². The van der Waals surface area contributed by atoms with Gasteiger partial charge in [-0.25, -0.2) is 0 Å². The summed E-state index contributed by atoms with van der Waals surface area (Å²) in [6.07, 6.45) is 1.01. The number of hydrogen-bond donors (Lipinski definition) is 0. The average Bonchev–Trinajstić information content (AvgIpc) is 2.48. The highest BCUT2D eigenvalue weighted by Crippen LogP contribution is 2.24. The highest BCUT2D eigenvalue weighted by atomic mass is 14.1. The molecule has 0 N–H and O–H groups in total. The van der Waals surface area contributed by atoms with Gasteiger partial charge in [0.2, 0.25) is 0 Å². The summed E-state index contributed by atoms with van der Waals surface area (Å²) in [6, 6.07) is 25.8. The lowest BCUT2D eigenvalue weighted by Gasteiger charge is -2.13. The normalized spacial score (nSPS) is 11.1. The maximum absolute atomic E-state index is 2.23. The molecule has 0 aliphatic rings. The lowest BCUT2D eigenvalue weighted by Crippen LogP contribution is -1.99. The van der Waals surface area contributed by atoms with Gasteiger partial charge in [0, 0.05) is 5.92 Å². The highest BCUT2D eigenvalue weighted by Gasteiger charge is 2.08. The predicted octanol–water partition coefficient (Wildman–Crippen LogP) is 5.02. The molecule has 0 unspecified atom stereocenters. The molecule has 0 bridgehead atoms. The highest BCUT2D eigenvalue weighted by molar-refractivity contribution is 5.85. The van der Waals surface area contributed by atoms with Gasteiger partial charge in [0.05, 0.1) is 0 Å². The molecule has 3 rings (SSSR count). The van der Waals surface area contributed by atoms with E-state index in [0.29, 0.717) is 0 Å². The molecular weight excluding hydrogens is 228 g/mol. The van der Waals surface area contributed by atoms with E-state index in [9.17, 15) is 0 Å². The second-order valence-corrected chi connectivity index (χ2v) is 4.96. The van der Waals surface area contributed by atoms with Crippen LogP contribution in [0.25, 0.3) is 10.8 Å². The van der Waals surface area contributed by atoms with Crippen LogP contribution in [-0.2, 0) is 6.42 Å². The van der Waals surface area contributed by atoms with Crippen LogP contribution in [0.1, 0.15) is 18.1 Å². The van der Waals surface area contributed by atoms with Gasteiger partial charge in [-0.2, -0.15) is 0 Å². The third-order valence-corrected chi connectivity index (χ3v) is 3.60. The summed E-state index contributed by atoms with van der Waals surface area (Å²) in [5.41, 5.74) is 2.73. The van der Waals surface area contributed by atoms with Gasteiger partial charge in [0.25, 0.3) is 0 Å². The van der Waals surface area contributed by atoms with Crippen LogP contribution < -0.4 is 0 Å². The smallest absolute Gasteiger partial charge is 0.00626 e. The Morgan fingerprint density at radius 2 is 1.42 bits per heavy atom. The summed E-state index contributed by atoms with van der Waals surface area (Å²) in [5.74, 6) is 1.41. The summed E-state index contributed by atoms with van der Waals surface area (Å²) in [5, 5.41) is 2.68. The molecular formula is C19H17. The fourth-order valence-electron chi connectivity index (χ4n) is 2.56. The first-order valence-corrected chi connectivity index (χ1v) is 6.69. The van der Waals surface area contributed by atoms with Crippen molar-refractivity contribution in [2.24, 2.45) is 0 Å². The first kappa shape index (κ1) is 12.0. The summed E-state index contributed by atoms with van der Waals surface area (Å²) < 4.78 is 0. The van der Waals surface area contributed by atoms with Crippen LogP contribution in [-0.4, -0.2) is 0 Å². The Morgan fingerprint density at radius 3 is 2.26 bits per heavy atom. The predicted molar refractivity (Wildman–Crippen MR) is 82.1 cm³/mol. The van der Waals surface area contributed by atoms with E-state index in [1.165, 1.54) is 27.8 Å².